The topological polar surface area (TPSA) is 200 Å². The second kappa shape index (κ2) is 19.6. The van der Waals surface area contributed by atoms with E-state index in [1.165, 1.54) is 16.7 Å². The van der Waals surface area contributed by atoms with Crippen LogP contribution in [0.2, 0.25) is 0 Å². The van der Waals surface area contributed by atoms with Crippen molar-refractivity contribution in [2.45, 2.75) is 142 Å². The largest absolute Gasteiger partial charge is 0.396 e. The zero-order chi connectivity index (χ0) is 45.8. The second-order valence-corrected chi connectivity index (χ2v) is 19.9. The van der Waals surface area contributed by atoms with Crippen LogP contribution in [0.1, 0.15) is 161 Å². The van der Waals surface area contributed by atoms with Crippen molar-refractivity contribution in [1.82, 2.24) is 9.80 Å². The number of Topliss-reactive ketones (excluding diaryl/α,β-unsaturated/α-hetero) is 1. The van der Waals surface area contributed by atoms with Crippen molar-refractivity contribution in [3.05, 3.63) is 46.5 Å². The SMILES string of the molecule is CC1CCC(C(=O)C(OCCCCCN2C(=O)c3ccc4c5c(ccc(c35)C2=O)C(=O)N(CCCCCO)C4=O)(C(C)(C)OCC(C)(C)CO)C(C)(C)OCC(C)(O)CO)CC1. The lowest BCUT2D eigenvalue weighted by atomic mass is 9.64. The van der Waals surface area contributed by atoms with Gasteiger partial charge in [-0.2, -0.15) is 0 Å². The molecule has 1 saturated carbocycles. The van der Waals surface area contributed by atoms with Gasteiger partial charge in [0.25, 0.3) is 23.6 Å². The highest BCUT2D eigenvalue weighted by Crippen LogP contribution is 2.47. The number of ketones is 1. The molecule has 0 radical (unpaired) electrons. The Kier molecular flexibility index (Phi) is 15.6. The van der Waals surface area contributed by atoms with Gasteiger partial charge in [0.2, 0.25) is 0 Å². The number of benzene rings is 2. The van der Waals surface area contributed by atoms with Gasteiger partial charge in [-0.3, -0.25) is 33.8 Å². The lowest BCUT2D eigenvalue weighted by molar-refractivity contribution is -0.277. The first-order valence-electron chi connectivity index (χ1n) is 22.4. The zero-order valence-electron chi connectivity index (χ0n) is 38.1. The summed E-state index contributed by atoms with van der Waals surface area (Å²) in [5.74, 6) is -2.01. The fourth-order valence-electron chi connectivity index (χ4n) is 9.27. The van der Waals surface area contributed by atoms with Crippen molar-refractivity contribution in [2.24, 2.45) is 17.3 Å². The zero-order valence-corrected chi connectivity index (χ0v) is 38.1. The van der Waals surface area contributed by atoms with Gasteiger partial charge in [0.1, 0.15) is 16.8 Å². The van der Waals surface area contributed by atoms with Gasteiger partial charge in [-0.1, -0.05) is 33.6 Å². The molecule has 2 unspecified atom stereocenters. The third-order valence-corrected chi connectivity index (χ3v) is 13.2. The van der Waals surface area contributed by atoms with Crippen molar-refractivity contribution < 1.29 is 58.6 Å². The number of carbonyl (C=O) groups excluding carboxylic acids is 5. The highest BCUT2D eigenvalue weighted by Gasteiger charge is 2.65. The van der Waals surface area contributed by atoms with Crippen LogP contribution in [0.15, 0.2) is 24.3 Å². The van der Waals surface area contributed by atoms with Crippen LogP contribution in [0, 0.1) is 17.3 Å². The molecule has 62 heavy (non-hydrogen) atoms. The fourth-order valence-corrected chi connectivity index (χ4v) is 9.27. The summed E-state index contributed by atoms with van der Waals surface area (Å²) in [6.45, 7) is 13.9. The van der Waals surface area contributed by atoms with Gasteiger partial charge in [-0.25, -0.2) is 0 Å². The molecule has 2 aliphatic heterocycles. The summed E-state index contributed by atoms with van der Waals surface area (Å²) in [4.78, 5) is 72.6. The van der Waals surface area contributed by atoms with Crippen LogP contribution in [0.5, 0.6) is 0 Å². The Labute approximate surface area is 366 Å². The smallest absolute Gasteiger partial charge is 0.261 e. The molecule has 4 N–H and O–H groups in total. The molecule has 0 bridgehead atoms. The number of hydrogen-bond acceptors (Lipinski definition) is 12. The Balaban J connectivity index is 1.34. The van der Waals surface area contributed by atoms with E-state index in [1.807, 2.05) is 13.8 Å². The Morgan fingerprint density at radius 2 is 1.05 bits per heavy atom. The van der Waals surface area contributed by atoms with E-state index in [4.69, 9.17) is 19.3 Å². The minimum absolute atomic E-state index is 0.0279. The number of nitrogens with zero attached hydrogens (tertiary/aromatic N) is 2. The fraction of sp³-hybridized carbons (Fsp3) is 0.688. The van der Waals surface area contributed by atoms with Gasteiger partial charge < -0.3 is 34.6 Å². The predicted molar refractivity (Wildman–Crippen MR) is 233 cm³/mol. The number of ether oxygens (including phenoxy) is 3. The van der Waals surface area contributed by atoms with Crippen molar-refractivity contribution in [1.29, 1.82) is 0 Å². The molecule has 2 heterocycles. The molecule has 14 nitrogen and oxygen atoms in total. The number of hydrogen-bond donors (Lipinski definition) is 4. The van der Waals surface area contributed by atoms with Crippen LogP contribution in [0.4, 0.5) is 0 Å². The van der Waals surface area contributed by atoms with Crippen LogP contribution in [0.3, 0.4) is 0 Å². The lowest BCUT2D eigenvalue weighted by Crippen LogP contribution is -2.72. The van der Waals surface area contributed by atoms with Crippen LogP contribution in [-0.4, -0.2) is 135 Å². The molecule has 1 aliphatic carbocycles. The summed E-state index contributed by atoms with van der Waals surface area (Å²) in [6, 6.07) is 6.21. The maximum absolute atomic E-state index is 15.2. The first-order valence-corrected chi connectivity index (χ1v) is 22.4. The molecular weight excluding hydrogens is 797 g/mol. The van der Waals surface area contributed by atoms with Crippen molar-refractivity contribution in [3.8, 4) is 0 Å². The third-order valence-electron chi connectivity index (χ3n) is 13.2. The summed E-state index contributed by atoms with van der Waals surface area (Å²) < 4.78 is 19.9. The monoisotopic (exact) mass is 866 g/mol. The average molecular weight is 867 g/mol. The molecule has 14 heteroatoms. The molecular formula is C48H70N2O12. The molecule has 0 saturated heterocycles. The lowest BCUT2D eigenvalue weighted by Gasteiger charge is -2.55. The van der Waals surface area contributed by atoms with Gasteiger partial charge in [-0.15, -0.1) is 0 Å². The second-order valence-electron chi connectivity index (χ2n) is 19.9. The Hall–Kier alpha value is -3.63. The third kappa shape index (κ3) is 9.86. The highest BCUT2D eigenvalue weighted by atomic mass is 16.6. The molecule has 5 rings (SSSR count). The van der Waals surface area contributed by atoms with Gasteiger partial charge >= 0.3 is 0 Å². The minimum atomic E-state index is -1.72. The normalized spacial score (nSPS) is 20.5. The molecule has 3 aliphatic rings. The van der Waals surface area contributed by atoms with Crippen molar-refractivity contribution >= 4 is 40.2 Å². The Morgan fingerprint density at radius 1 is 0.613 bits per heavy atom. The van der Waals surface area contributed by atoms with E-state index in [1.54, 1.807) is 52.0 Å². The summed E-state index contributed by atoms with van der Waals surface area (Å²) >= 11 is 0. The van der Waals surface area contributed by atoms with Gasteiger partial charge in [0, 0.05) is 70.7 Å². The van der Waals surface area contributed by atoms with Crippen molar-refractivity contribution in [3.63, 3.8) is 0 Å². The van der Waals surface area contributed by atoms with E-state index in [0.717, 1.165) is 12.8 Å². The molecule has 2 aromatic carbocycles. The van der Waals surface area contributed by atoms with Gasteiger partial charge in [0.15, 0.2) is 11.4 Å². The molecule has 0 aromatic heterocycles. The summed E-state index contributed by atoms with van der Waals surface area (Å²) in [7, 11) is 0. The van der Waals surface area contributed by atoms with E-state index in [-0.39, 0.29) is 80.1 Å². The van der Waals surface area contributed by atoms with Crippen LogP contribution in [-0.2, 0) is 19.0 Å². The van der Waals surface area contributed by atoms with E-state index in [2.05, 4.69) is 6.92 Å². The number of unbranched alkanes of at least 4 members (excludes halogenated alkanes) is 4. The van der Waals surface area contributed by atoms with Crippen LogP contribution < -0.4 is 0 Å². The van der Waals surface area contributed by atoms with E-state index >= 15 is 4.79 Å². The van der Waals surface area contributed by atoms with E-state index in [0.29, 0.717) is 68.1 Å². The van der Waals surface area contributed by atoms with E-state index in [9.17, 15) is 34.5 Å². The minimum Gasteiger partial charge on any atom is -0.396 e. The highest BCUT2D eigenvalue weighted by molar-refractivity contribution is 6.33. The Bertz CT molecular complexity index is 1880. The molecule has 1 fully saturated rings. The maximum Gasteiger partial charge on any atom is 0.261 e. The summed E-state index contributed by atoms with van der Waals surface area (Å²) in [6.07, 6.45) is 6.23. The number of aliphatic hydroxyl groups excluding tert-OH is 3. The van der Waals surface area contributed by atoms with Crippen LogP contribution >= 0.6 is 0 Å². The first-order chi connectivity index (χ1) is 29.1. The van der Waals surface area contributed by atoms with E-state index < -0.39 is 58.1 Å². The quantitative estimate of drug-likeness (QED) is 0.0724. The number of amides is 4. The maximum atomic E-state index is 15.2. The molecule has 344 valence electrons. The number of rotatable bonds is 24. The average Bonchev–Trinajstić information content (AvgIpc) is 3.23. The number of carbonyl (C=O) groups is 5. The molecule has 0 spiro atoms. The predicted octanol–water partition coefficient (Wildman–Crippen LogP) is 5.87. The standard InChI is InChI=1S/C48H70N2O12/c1-31-15-17-32(18-16-31)39(54)48(45(4,5)61-29-44(2,3)27-52,46(6,7)62-30-47(8,59)28-53)60-26-14-10-12-24-50-42(57)35-21-19-33-37-34(20-22-36(38(35)37)43(50)58)41(56)49(40(33)55)23-11-9-13-25-51/h19-22,31-32,51-53,59H,9-18,23-30H2,1-8H3. The van der Waals surface area contributed by atoms with Crippen LogP contribution in [0.25, 0.3) is 10.8 Å². The van der Waals surface area contributed by atoms with Gasteiger partial charge in [-0.05, 0) is 116 Å². The first kappa shape index (κ1) is 49.4. The number of imide groups is 2. The summed E-state index contributed by atoms with van der Waals surface area (Å²) in [5, 5.41) is 40.5. The summed E-state index contributed by atoms with van der Waals surface area (Å²) in [5.41, 5.74) is -5.64. The molecule has 2 atom stereocenters. The number of aliphatic hydroxyl groups is 4. The molecule has 4 amide bonds. The Morgan fingerprint density at radius 3 is 1.47 bits per heavy atom. The van der Waals surface area contributed by atoms with Gasteiger partial charge in [0.05, 0.1) is 26.4 Å². The molecule has 2 aromatic rings. The van der Waals surface area contributed by atoms with Crippen molar-refractivity contribution in [2.75, 3.05) is 52.7 Å².